The monoisotopic (exact) mass is 566 g/mol. The van der Waals surface area contributed by atoms with Crippen LogP contribution in [0.3, 0.4) is 0 Å². The van der Waals surface area contributed by atoms with Crippen LogP contribution in [0.2, 0.25) is 0 Å². The van der Waals surface area contributed by atoms with Crippen molar-refractivity contribution >= 4 is 61.4 Å². The molecule has 0 radical (unpaired) electrons. The minimum absolute atomic E-state index is 0.508. The van der Waals surface area contributed by atoms with Crippen molar-refractivity contribution in [3.8, 4) is 0 Å². The zero-order valence-electron chi connectivity index (χ0n) is 24.0. The summed E-state index contributed by atoms with van der Waals surface area (Å²) in [6.07, 6.45) is -0.610. The van der Waals surface area contributed by atoms with Crippen LogP contribution in [-0.2, 0) is 0 Å². The third kappa shape index (κ3) is 4.54. The molecule has 0 fully saturated rings. The van der Waals surface area contributed by atoms with Crippen molar-refractivity contribution in [2.45, 2.75) is 26.9 Å². The molecule has 10 heteroatoms. The smallest absolute Gasteiger partial charge is 0.164 e. The summed E-state index contributed by atoms with van der Waals surface area (Å²) in [6, 6.07) is 23.2. The normalized spacial score (nSPS) is 15.3. The van der Waals surface area contributed by atoms with E-state index in [1.54, 1.807) is 5.01 Å². The van der Waals surface area contributed by atoms with E-state index in [0.717, 1.165) is 66.5 Å². The van der Waals surface area contributed by atoms with Crippen molar-refractivity contribution in [3.05, 3.63) is 107 Å². The van der Waals surface area contributed by atoms with Crippen LogP contribution < -0.4 is 23.0 Å². The molecular formula is C33H30N10. The number of nitrogens with zero attached hydrogens (tertiary/aromatic N) is 6. The molecule has 7 rings (SSSR count). The molecule has 0 amide bonds. The third-order valence-corrected chi connectivity index (χ3v) is 7.71. The summed E-state index contributed by atoms with van der Waals surface area (Å²) in [5.41, 5.74) is 28.5. The second kappa shape index (κ2) is 9.74. The van der Waals surface area contributed by atoms with E-state index in [4.69, 9.17) is 33.0 Å². The summed E-state index contributed by atoms with van der Waals surface area (Å²) in [5.74, 6) is 7.88. The Hall–Kier alpha value is -5.61. The Labute approximate surface area is 247 Å². The zero-order valence-corrected chi connectivity index (χ0v) is 24.0. The average molecular weight is 567 g/mol. The number of benzene rings is 3. The SMILES string of the molecule is Cc1cc(N)c2cc(C3=NC(c4ccc5nc(C)cc(N)c5c4)N(N)C(c4ccc5nc(C)cc(N)c5c4)=N3)ccc2n1. The van der Waals surface area contributed by atoms with Crippen molar-refractivity contribution in [2.75, 3.05) is 17.2 Å². The number of hydrazine groups is 1. The number of pyridine rings is 3. The van der Waals surface area contributed by atoms with E-state index in [9.17, 15) is 0 Å². The van der Waals surface area contributed by atoms with Crippen LogP contribution in [0.4, 0.5) is 17.1 Å². The summed E-state index contributed by atoms with van der Waals surface area (Å²) in [4.78, 5) is 23.9. The van der Waals surface area contributed by atoms with E-state index in [-0.39, 0.29) is 0 Å². The number of nitrogens with two attached hydrogens (primary N) is 4. The van der Waals surface area contributed by atoms with Crippen LogP contribution in [0.1, 0.15) is 39.9 Å². The highest BCUT2D eigenvalue weighted by Crippen LogP contribution is 2.33. The standard InChI is InChI=1S/C33H30N10/c1-16-10-25(34)22-13-19(4-7-28(22)38-16)31-41-32(20-5-8-29-23(14-20)26(35)11-17(2)39-29)43(37)33(42-31)21-6-9-30-24(15-21)27(36)12-18(3)40-30/h4-15,32H,37H2,1-3H3,(H2,34,38)(H2,35,39)(H2,36,40). The van der Waals surface area contributed by atoms with E-state index in [2.05, 4.69) is 15.0 Å². The van der Waals surface area contributed by atoms with Gasteiger partial charge in [-0.05, 0) is 93.1 Å². The lowest BCUT2D eigenvalue weighted by Gasteiger charge is -2.32. The number of rotatable bonds is 3. The number of anilines is 3. The zero-order chi connectivity index (χ0) is 30.0. The summed E-state index contributed by atoms with van der Waals surface area (Å²) < 4.78 is 0. The van der Waals surface area contributed by atoms with Crippen LogP contribution >= 0.6 is 0 Å². The molecule has 4 heterocycles. The van der Waals surface area contributed by atoms with Crippen molar-refractivity contribution in [2.24, 2.45) is 15.8 Å². The Morgan fingerprint density at radius 1 is 0.581 bits per heavy atom. The van der Waals surface area contributed by atoms with Crippen LogP contribution in [0.15, 0.2) is 82.8 Å². The highest BCUT2D eigenvalue weighted by molar-refractivity contribution is 6.15. The number of fused-ring (bicyclic) bond motifs is 3. The van der Waals surface area contributed by atoms with E-state index < -0.39 is 6.17 Å². The average Bonchev–Trinajstić information content (AvgIpc) is 2.97. The number of hydrogen-bond donors (Lipinski definition) is 4. The van der Waals surface area contributed by atoms with Crippen LogP contribution in [0, 0.1) is 20.8 Å². The molecule has 1 atom stereocenters. The maximum Gasteiger partial charge on any atom is 0.164 e. The summed E-state index contributed by atoms with van der Waals surface area (Å²) in [6.45, 7) is 5.77. The van der Waals surface area contributed by atoms with Gasteiger partial charge in [0.25, 0.3) is 0 Å². The Morgan fingerprint density at radius 2 is 1.05 bits per heavy atom. The fourth-order valence-corrected chi connectivity index (χ4v) is 5.69. The first-order valence-corrected chi connectivity index (χ1v) is 13.9. The van der Waals surface area contributed by atoms with Gasteiger partial charge in [0.1, 0.15) is 0 Å². The molecule has 1 aliphatic rings. The predicted molar refractivity (Wildman–Crippen MR) is 175 cm³/mol. The first-order chi connectivity index (χ1) is 20.6. The molecule has 1 unspecified atom stereocenters. The fourth-order valence-electron chi connectivity index (χ4n) is 5.69. The lowest BCUT2D eigenvalue weighted by molar-refractivity contribution is 0.333. The van der Waals surface area contributed by atoms with Gasteiger partial charge in [-0.15, -0.1) is 0 Å². The molecule has 3 aromatic carbocycles. The van der Waals surface area contributed by atoms with Gasteiger partial charge in [-0.1, -0.05) is 6.07 Å². The molecule has 43 heavy (non-hydrogen) atoms. The molecule has 0 aliphatic carbocycles. The minimum atomic E-state index is -0.610. The Morgan fingerprint density at radius 3 is 1.60 bits per heavy atom. The van der Waals surface area contributed by atoms with Gasteiger partial charge in [0.15, 0.2) is 17.8 Å². The van der Waals surface area contributed by atoms with Crippen molar-refractivity contribution < 1.29 is 0 Å². The quantitative estimate of drug-likeness (QED) is 0.215. The number of hydrogen-bond acceptors (Lipinski definition) is 10. The number of aliphatic imine (C=N–C) groups is 2. The van der Waals surface area contributed by atoms with Gasteiger partial charge in [0, 0.05) is 61.4 Å². The molecule has 10 nitrogen and oxygen atoms in total. The van der Waals surface area contributed by atoms with Crippen molar-refractivity contribution in [1.82, 2.24) is 20.0 Å². The second-order valence-corrected chi connectivity index (χ2v) is 11.0. The summed E-state index contributed by atoms with van der Waals surface area (Å²) >= 11 is 0. The lowest BCUT2D eigenvalue weighted by atomic mass is 10.0. The first-order valence-electron chi connectivity index (χ1n) is 13.9. The fraction of sp³-hybridized carbons (Fsp3) is 0.121. The van der Waals surface area contributed by atoms with E-state index in [1.807, 2.05) is 93.6 Å². The van der Waals surface area contributed by atoms with E-state index in [1.165, 1.54) is 0 Å². The predicted octanol–water partition coefficient (Wildman–Crippen LogP) is 5.08. The van der Waals surface area contributed by atoms with Gasteiger partial charge in [0.2, 0.25) is 0 Å². The molecule has 6 aromatic rings. The van der Waals surface area contributed by atoms with E-state index in [0.29, 0.717) is 28.7 Å². The maximum atomic E-state index is 6.84. The van der Waals surface area contributed by atoms with Crippen LogP contribution in [0.5, 0.6) is 0 Å². The lowest BCUT2D eigenvalue weighted by Crippen LogP contribution is -2.43. The molecule has 0 spiro atoms. The Balaban J connectivity index is 1.42. The highest BCUT2D eigenvalue weighted by Gasteiger charge is 2.28. The topological polar surface area (TPSA) is 171 Å². The van der Waals surface area contributed by atoms with Crippen molar-refractivity contribution in [1.29, 1.82) is 0 Å². The molecule has 212 valence electrons. The molecule has 0 saturated carbocycles. The van der Waals surface area contributed by atoms with Crippen LogP contribution in [0.25, 0.3) is 32.7 Å². The van der Waals surface area contributed by atoms with Gasteiger partial charge in [-0.3, -0.25) is 20.0 Å². The second-order valence-electron chi connectivity index (χ2n) is 11.0. The summed E-state index contributed by atoms with van der Waals surface area (Å²) in [7, 11) is 0. The van der Waals surface area contributed by atoms with Gasteiger partial charge in [-0.25, -0.2) is 15.8 Å². The van der Waals surface area contributed by atoms with Gasteiger partial charge < -0.3 is 17.2 Å². The molecule has 1 aliphatic heterocycles. The maximum absolute atomic E-state index is 6.84. The first kappa shape index (κ1) is 26.3. The summed E-state index contributed by atoms with van der Waals surface area (Å²) in [5, 5.41) is 4.05. The Bertz CT molecular complexity index is 2180. The molecule has 0 saturated heterocycles. The highest BCUT2D eigenvalue weighted by atomic mass is 15.5. The van der Waals surface area contributed by atoms with Crippen molar-refractivity contribution in [3.63, 3.8) is 0 Å². The van der Waals surface area contributed by atoms with E-state index >= 15 is 0 Å². The number of amidine groups is 2. The Kier molecular flexibility index (Phi) is 5.96. The molecule has 3 aromatic heterocycles. The van der Waals surface area contributed by atoms with Gasteiger partial charge in [0.05, 0.1) is 16.6 Å². The molecular weight excluding hydrogens is 536 g/mol. The van der Waals surface area contributed by atoms with Gasteiger partial charge in [-0.2, -0.15) is 0 Å². The number of aryl methyl sites for hydroxylation is 3. The van der Waals surface area contributed by atoms with Crippen LogP contribution in [-0.4, -0.2) is 31.6 Å². The largest absolute Gasteiger partial charge is 0.398 e. The number of aromatic nitrogens is 3. The molecule has 8 N–H and O–H groups in total. The third-order valence-electron chi connectivity index (χ3n) is 7.71. The number of nitrogen functional groups attached to an aromatic ring is 3. The van der Waals surface area contributed by atoms with Gasteiger partial charge >= 0.3 is 0 Å². The minimum Gasteiger partial charge on any atom is -0.398 e. The molecule has 0 bridgehead atoms.